The number of ether oxygens (including phenoxy) is 1. The number of para-hydroxylation sites is 1. The first-order chi connectivity index (χ1) is 12.9. The summed E-state index contributed by atoms with van der Waals surface area (Å²) in [5.74, 6) is 0.111. The van der Waals surface area contributed by atoms with Crippen LogP contribution < -0.4 is 27.3 Å². The number of nitrogens with two attached hydrogens (primary N) is 3. The fourth-order valence-corrected chi connectivity index (χ4v) is 2.65. The number of benzene rings is 2. The lowest BCUT2D eigenvalue weighted by atomic mass is 9.96. The molecule has 2 aromatic rings. The highest BCUT2D eigenvalue weighted by atomic mass is 16.5. The third-order valence-corrected chi connectivity index (χ3v) is 4.12. The van der Waals surface area contributed by atoms with Crippen LogP contribution in [0.2, 0.25) is 0 Å². The van der Waals surface area contributed by atoms with E-state index in [-0.39, 0.29) is 11.4 Å². The summed E-state index contributed by atoms with van der Waals surface area (Å²) in [6.45, 7) is 2.43. The first kappa shape index (κ1) is 19.8. The molecule has 0 aliphatic carbocycles. The van der Waals surface area contributed by atoms with Crippen LogP contribution in [0.1, 0.15) is 29.3 Å². The van der Waals surface area contributed by atoms with E-state index in [1.165, 1.54) is 7.11 Å². The summed E-state index contributed by atoms with van der Waals surface area (Å²) in [4.78, 5) is 23.2. The number of hydrogen-bond acceptors (Lipinski definition) is 6. The van der Waals surface area contributed by atoms with Crippen LogP contribution in [0.15, 0.2) is 42.1 Å². The Bertz CT molecular complexity index is 891. The molecule has 7 N–H and O–H groups in total. The van der Waals surface area contributed by atoms with Crippen molar-refractivity contribution in [3.63, 3.8) is 0 Å². The Labute approximate surface area is 158 Å². The Kier molecular flexibility index (Phi) is 6.43. The molecule has 0 spiro atoms. The summed E-state index contributed by atoms with van der Waals surface area (Å²) in [7, 11) is 1.53. The molecule has 7 nitrogen and oxygen atoms in total. The predicted octanol–water partition coefficient (Wildman–Crippen LogP) is 1.87. The Balaban J connectivity index is 2.57. The summed E-state index contributed by atoms with van der Waals surface area (Å²) in [5, 5.41) is 2.68. The monoisotopic (exact) mass is 368 g/mol. The largest absolute Gasteiger partial charge is 0.496 e. The summed E-state index contributed by atoms with van der Waals surface area (Å²) >= 11 is 0. The van der Waals surface area contributed by atoms with E-state index in [0.29, 0.717) is 40.2 Å². The predicted molar refractivity (Wildman–Crippen MR) is 107 cm³/mol. The zero-order chi connectivity index (χ0) is 20.0. The van der Waals surface area contributed by atoms with Gasteiger partial charge in [0.1, 0.15) is 17.7 Å². The molecule has 0 aliphatic rings. The molecule has 0 radical (unpaired) electrons. The molecule has 0 aromatic heterocycles. The number of hydrogen-bond donors (Lipinski definition) is 4. The van der Waals surface area contributed by atoms with Crippen molar-refractivity contribution in [1.82, 2.24) is 5.32 Å². The minimum Gasteiger partial charge on any atom is -0.496 e. The van der Waals surface area contributed by atoms with Crippen molar-refractivity contribution in [2.24, 2.45) is 11.5 Å². The van der Waals surface area contributed by atoms with Gasteiger partial charge < -0.3 is 27.3 Å². The van der Waals surface area contributed by atoms with Crippen molar-refractivity contribution in [3.8, 4) is 16.9 Å². The number of aldehydes is 1. The molecule has 0 saturated carbocycles. The summed E-state index contributed by atoms with van der Waals surface area (Å²) in [5.41, 5.74) is 20.9. The van der Waals surface area contributed by atoms with Crippen molar-refractivity contribution < 1.29 is 14.3 Å². The van der Waals surface area contributed by atoms with Crippen LogP contribution >= 0.6 is 0 Å². The number of carbonyl (C=O) groups excluding carboxylic acids is 2. The summed E-state index contributed by atoms with van der Waals surface area (Å²) in [6.07, 6.45) is 1.52. The van der Waals surface area contributed by atoms with E-state index in [9.17, 15) is 9.59 Å². The van der Waals surface area contributed by atoms with Crippen LogP contribution in [0.4, 0.5) is 5.69 Å². The summed E-state index contributed by atoms with van der Waals surface area (Å²) in [6, 6.07) is 10.2. The second-order valence-electron chi connectivity index (χ2n) is 5.93. The standard InChI is InChI=1S/C20H24N4O3/c1-3-9-24-20(26)19(23)18(22)14-6-4-5-13(17(14)21)15-10-12(11-25)7-8-16(15)27-2/h4-8,10-11H,3,9,21-23H2,1-2H3,(H,24,26)/b19-18+. The van der Waals surface area contributed by atoms with E-state index in [2.05, 4.69) is 5.32 Å². The van der Waals surface area contributed by atoms with E-state index in [1.807, 2.05) is 6.92 Å². The van der Waals surface area contributed by atoms with Crippen LogP contribution in [0.5, 0.6) is 5.75 Å². The second-order valence-corrected chi connectivity index (χ2v) is 5.93. The van der Waals surface area contributed by atoms with Gasteiger partial charge in [-0.25, -0.2) is 0 Å². The van der Waals surface area contributed by atoms with Crippen LogP contribution in [-0.2, 0) is 4.79 Å². The maximum Gasteiger partial charge on any atom is 0.269 e. The van der Waals surface area contributed by atoms with Gasteiger partial charge in [-0.05, 0) is 24.6 Å². The summed E-state index contributed by atoms with van der Waals surface area (Å²) < 4.78 is 5.38. The van der Waals surface area contributed by atoms with Crippen LogP contribution in [0, 0.1) is 0 Å². The lowest BCUT2D eigenvalue weighted by Crippen LogP contribution is -2.31. The zero-order valence-electron chi connectivity index (χ0n) is 15.4. The Morgan fingerprint density at radius 3 is 2.56 bits per heavy atom. The first-order valence-electron chi connectivity index (χ1n) is 8.50. The second kappa shape index (κ2) is 8.75. The molecule has 0 atom stereocenters. The number of carbonyl (C=O) groups is 2. The maximum absolute atomic E-state index is 12.1. The third-order valence-electron chi connectivity index (χ3n) is 4.12. The Hall–Kier alpha value is -3.48. The smallest absolute Gasteiger partial charge is 0.269 e. The molecule has 0 saturated heterocycles. The van der Waals surface area contributed by atoms with Gasteiger partial charge in [0, 0.05) is 34.5 Å². The molecule has 142 valence electrons. The maximum atomic E-state index is 12.1. The zero-order valence-corrected chi connectivity index (χ0v) is 15.4. The van der Waals surface area contributed by atoms with Gasteiger partial charge in [-0.15, -0.1) is 0 Å². The molecule has 1 amide bonds. The van der Waals surface area contributed by atoms with Crippen LogP contribution in [-0.4, -0.2) is 25.8 Å². The number of methoxy groups -OCH3 is 1. The average Bonchev–Trinajstić information content (AvgIpc) is 2.70. The van der Waals surface area contributed by atoms with Crippen molar-refractivity contribution in [3.05, 3.63) is 53.2 Å². The van der Waals surface area contributed by atoms with Gasteiger partial charge in [0.15, 0.2) is 0 Å². The fourth-order valence-electron chi connectivity index (χ4n) is 2.65. The van der Waals surface area contributed by atoms with Crippen LogP contribution in [0.25, 0.3) is 16.8 Å². The van der Waals surface area contributed by atoms with E-state index < -0.39 is 5.91 Å². The molecule has 0 unspecified atom stereocenters. The minimum atomic E-state index is -0.445. The minimum absolute atomic E-state index is 0.0912. The lowest BCUT2D eigenvalue weighted by Gasteiger charge is -2.16. The molecule has 0 aliphatic heterocycles. The van der Waals surface area contributed by atoms with Crippen LogP contribution in [0.3, 0.4) is 0 Å². The topological polar surface area (TPSA) is 133 Å². The van der Waals surface area contributed by atoms with Gasteiger partial charge in [0.2, 0.25) is 0 Å². The highest BCUT2D eigenvalue weighted by Crippen LogP contribution is 2.37. The Morgan fingerprint density at radius 1 is 1.19 bits per heavy atom. The molecule has 27 heavy (non-hydrogen) atoms. The van der Waals surface area contributed by atoms with E-state index in [0.717, 1.165) is 12.7 Å². The van der Waals surface area contributed by atoms with Gasteiger partial charge in [0.05, 0.1) is 12.8 Å². The molecule has 0 fully saturated rings. The van der Waals surface area contributed by atoms with Gasteiger partial charge >= 0.3 is 0 Å². The van der Waals surface area contributed by atoms with Gasteiger partial charge in [-0.2, -0.15) is 0 Å². The number of nitrogen functional groups attached to an aromatic ring is 1. The van der Waals surface area contributed by atoms with Crippen molar-refractivity contribution >= 4 is 23.6 Å². The number of anilines is 1. The van der Waals surface area contributed by atoms with Gasteiger partial charge in [0.25, 0.3) is 5.91 Å². The van der Waals surface area contributed by atoms with Crippen molar-refractivity contribution in [1.29, 1.82) is 0 Å². The quantitative estimate of drug-likeness (QED) is 0.335. The van der Waals surface area contributed by atoms with Gasteiger partial charge in [-0.1, -0.05) is 25.1 Å². The molecule has 7 heteroatoms. The lowest BCUT2D eigenvalue weighted by molar-refractivity contribution is -0.117. The number of nitrogens with one attached hydrogen (secondary N) is 1. The Morgan fingerprint density at radius 2 is 1.93 bits per heavy atom. The SMILES string of the molecule is CCCNC(=O)/C(N)=C(\N)c1cccc(-c2cc(C=O)ccc2OC)c1N. The number of rotatable bonds is 7. The van der Waals surface area contributed by atoms with Crippen molar-refractivity contribution in [2.75, 3.05) is 19.4 Å². The molecular weight excluding hydrogens is 344 g/mol. The van der Waals surface area contributed by atoms with E-state index >= 15 is 0 Å². The number of amides is 1. The third kappa shape index (κ3) is 4.20. The normalized spacial score (nSPS) is 11.5. The highest BCUT2D eigenvalue weighted by Gasteiger charge is 2.17. The van der Waals surface area contributed by atoms with Crippen molar-refractivity contribution in [2.45, 2.75) is 13.3 Å². The molecule has 2 rings (SSSR count). The van der Waals surface area contributed by atoms with Gasteiger partial charge in [-0.3, -0.25) is 9.59 Å². The first-order valence-corrected chi connectivity index (χ1v) is 8.50. The average molecular weight is 368 g/mol. The highest BCUT2D eigenvalue weighted by molar-refractivity contribution is 6.02. The van der Waals surface area contributed by atoms with E-state index in [1.54, 1.807) is 36.4 Å². The molecular formula is C20H24N4O3. The fraction of sp³-hybridized carbons (Fsp3) is 0.200. The molecule has 2 aromatic carbocycles. The molecule has 0 bridgehead atoms. The molecule has 0 heterocycles. The van der Waals surface area contributed by atoms with E-state index in [4.69, 9.17) is 21.9 Å².